The summed E-state index contributed by atoms with van der Waals surface area (Å²) < 4.78 is 75.3. The first-order chi connectivity index (χ1) is 13.2. The molecule has 0 radical (unpaired) electrons. The largest absolute Gasteiger partial charge is 0.417 e. The summed E-state index contributed by atoms with van der Waals surface area (Å²) in [5.41, 5.74) is 1.07. The molecule has 1 unspecified atom stereocenters. The molecule has 1 aliphatic carbocycles. The van der Waals surface area contributed by atoms with E-state index in [2.05, 4.69) is 4.98 Å². The van der Waals surface area contributed by atoms with Crippen LogP contribution in [0.15, 0.2) is 60.8 Å². The second-order valence-corrected chi connectivity index (χ2v) is 6.56. The van der Waals surface area contributed by atoms with Gasteiger partial charge in [-0.3, -0.25) is 4.98 Å². The highest BCUT2D eigenvalue weighted by atomic mass is 19.4. The van der Waals surface area contributed by atoms with Crippen molar-refractivity contribution in [3.63, 3.8) is 0 Å². The normalized spacial score (nSPS) is 16.9. The summed E-state index contributed by atoms with van der Waals surface area (Å²) >= 11 is 0. The van der Waals surface area contributed by atoms with Crippen LogP contribution in [0.1, 0.15) is 35.4 Å². The molecule has 0 fully saturated rings. The molecule has 1 aliphatic rings. The van der Waals surface area contributed by atoms with E-state index in [4.69, 9.17) is 0 Å². The lowest BCUT2D eigenvalue weighted by atomic mass is 9.82. The second-order valence-electron chi connectivity index (χ2n) is 6.56. The first kappa shape index (κ1) is 20.2. The molecule has 0 bridgehead atoms. The van der Waals surface area contributed by atoms with E-state index in [1.165, 1.54) is 12.3 Å². The summed E-state index contributed by atoms with van der Waals surface area (Å²) in [6, 6.07) is 14.1. The van der Waals surface area contributed by atoms with Crippen LogP contribution in [0, 0.1) is 0 Å². The molecule has 0 spiro atoms. The molecule has 0 aliphatic heterocycles. The zero-order valence-corrected chi connectivity index (χ0v) is 14.7. The maximum atomic E-state index is 12.6. The van der Waals surface area contributed by atoms with E-state index < -0.39 is 23.8 Å². The molecule has 1 atom stereocenters. The van der Waals surface area contributed by atoms with Gasteiger partial charge in [-0.15, -0.1) is 0 Å². The van der Waals surface area contributed by atoms with Crippen molar-refractivity contribution >= 4 is 10.9 Å². The zero-order chi connectivity index (χ0) is 20.4. The van der Waals surface area contributed by atoms with E-state index in [0.29, 0.717) is 17.5 Å². The van der Waals surface area contributed by atoms with E-state index in [0.717, 1.165) is 18.1 Å². The third kappa shape index (κ3) is 4.46. The molecule has 0 saturated heterocycles. The topological polar surface area (TPSA) is 12.9 Å². The van der Waals surface area contributed by atoms with Crippen molar-refractivity contribution in [1.82, 2.24) is 4.98 Å². The van der Waals surface area contributed by atoms with Crippen molar-refractivity contribution in [2.45, 2.75) is 37.5 Å². The number of fused-ring (bicyclic) bond motifs is 2. The summed E-state index contributed by atoms with van der Waals surface area (Å²) in [6.45, 7) is 0. The maximum Gasteiger partial charge on any atom is 0.417 e. The molecular weight excluding hydrogens is 380 g/mol. The third-order valence-electron chi connectivity index (χ3n) is 4.72. The summed E-state index contributed by atoms with van der Waals surface area (Å²) in [5.74, 6) is -1.24. The van der Waals surface area contributed by atoms with E-state index >= 15 is 0 Å². The molecule has 7 heteroatoms. The summed E-state index contributed by atoms with van der Waals surface area (Å²) in [5, 5.41) is 0.141. The third-order valence-corrected chi connectivity index (χ3v) is 4.72. The highest BCUT2D eigenvalue weighted by Crippen LogP contribution is 2.42. The van der Waals surface area contributed by atoms with Gasteiger partial charge in [0, 0.05) is 11.6 Å². The summed E-state index contributed by atoms with van der Waals surface area (Å²) in [6.07, 6.45) is -5.57. The van der Waals surface area contributed by atoms with E-state index in [1.807, 2.05) is 0 Å². The Hall–Kier alpha value is -2.57. The van der Waals surface area contributed by atoms with Crippen LogP contribution in [-0.4, -0.2) is 11.2 Å². The van der Waals surface area contributed by atoms with Crippen molar-refractivity contribution in [1.29, 1.82) is 0 Å². The van der Waals surface area contributed by atoms with Crippen LogP contribution in [-0.2, 0) is 12.6 Å². The van der Waals surface area contributed by atoms with E-state index in [-0.39, 0.29) is 11.8 Å². The Balaban J connectivity index is 0.000000161. The van der Waals surface area contributed by atoms with Gasteiger partial charge in [0.1, 0.15) is 0 Å². The van der Waals surface area contributed by atoms with Crippen LogP contribution in [0.25, 0.3) is 10.9 Å². The number of hydrogen-bond acceptors (Lipinski definition) is 1. The molecule has 0 saturated carbocycles. The van der Waals surface area contributed by atoms with Crippen LogP contribution in [0.5, 0.6) is 0 Å². The number of aromatic nitrogens is 1. The summed E-state index contributed by atoms with van der Waals surface area (Å²) in [7, 11) is 0. The van der Waals surface area contributed by atoms with Gasteiger partial charge in [-0.1, -0.05) is 42.5 Å². The van der Waals surface area contributed by atoms with Crippen molar-refractivity contribution in [3.05, 3.63) is 77.5 Å². The fraction of sp³-hybridized carbons (Fsp3) is 0.286. The van der Waals surface area contributed by atoms with Crippen molar-refractivity contribution in [2.24, 2.45) is 0 Å². The molecule has 0 amide bonds. The Morgan fingerprint density at radius 1 is 0.821 bits per heavy atom. The van der Waals surface area contributed by atoms with E-state index in [1.54, 1.807) is 42.5 Å². The van der Waals surface area contributed by atoms with Gasteiger partial charge in [-0.2, -0.15) is 26.3 Å². The minimum atomic E-state index is -4.32. The number of alkyl halides is 6. The molecule has 1 aromatic heterocycles. The second kappa shape index (κ2) is 7.81. The Morgan fingerprint density at radius 3 is 2.21 bits per heavy atom. The lowest BCUT2D eigenvalue weighted by Gasteiger charge is -2.27. The van der Waals surface area contributed by atoms with Gasteiger partial charge in [0.15, 0.2) is 0 Å². The highest BCUT2D eigenvalue weighted by Gasteiger charge is 2.42. The number of aryl methyl sites for hydroxylation is 1. The van der Waals surface area contributed by atoms with Crippen LogP contribution in [0.4, 0.5) is 26.3 Å². The van der Waals surface area contributed by atoms with Gasteiger partial charge >= 0.3 is 12.4 Å². The van der Waals surface area contributed by atoms with Gasteiger partial charge < -0.3 is 0 Å². The Bertz CT molecular complexity index is 940. The predicted molar refractivity (Wildman–Crippen MR) is 94.9 cm³/mol. The van der Waals surface area contributed by atoms with Gasteiger partial charge in [0.2, 0.25) is 0 Å². The SMILES string of the molecule is FC(F)(F)C1CCCc2ccccc21.FC(F)(F)c1ccnc2ccccc12. The molecule has 3 aromatic rings. The zero-order valence-electron chi connectivity index (χ0n) is 14.7. The highest BCUT2D eigenvalue weighted by molar-refractivity contribution is 5.82. The van der Waals surface area contributed by atoms with Crippen LogP contribution in [0.3, 0.4) is 0 Å². The van der Waals surface area contributed by atoms with Gasteiger partial charge in [-0.05, 0) is 42.5 Å². The minimum Gasteiger partial charge on any atom is -0.256 e. The molecule has 1 heterocycles. The first-order valence-electron chi connectivity index (χ1n) is 8.73. The number of rotatable bonds is 0. The lowest BCUT2D eigenvalue weighted by molar-refractivity contribution is -0.153. The number of nitrogens with zero attached hydrogens (tertiary/aromatic N) is 1. The van der Waals surface area contributed by atoms with Crippen molar-refractivity contribution < 1.29 is 26.3 Å². The maximum absolute atomic E-state index is 12.6. The molecule has 2 aromatic carbocycles. The number of hydrogen-bond donors (Lipinski definition) is 0. The molecule has 1 nitrogen and oxygen atoms in total. The predicted octanol–water partition coefficient (Wildman–Crippen LogP) is 6.92. The first-order valence-corrected chi connectivity index (χ1v) is 8.73. The monoisotopic (exact) mass is 397 g/mol. The smallest absolute Gasteiger partial charge is 0.256 e. The van der Waals surface area contributed by atoms with E-state index in [9.17, 15) is 26.3 Å². The van der Waals surface area contributed by atoms with Gasteiger partial charge in [0.25, 0.3) is 0 Å². The minimum absolute atomic E-state index is 0.141. The standard InChI is InChI=1S/C11H11F3.C10H6F3N/c12-11(13,14)10-7-3-5-8-4-1-2-6-9(8)10;11-10(12,13)8-5-6-14-9-4-2-1-3-7(8)9/h1-2,4,6,10H,3,5,7H2;1-6H. The summed E-state index contributed by atoms with van der Waals surface area (Å²) in [4.78, 5) is 3.86. The number of benzene rings is 2. The lowest BCUT2D eigenvalue weighted by Crippen LogP contribution is -2.24. The number of para-hydroxylation sites is 1. The Kier molecular flexibility index (Phi) is 5.63. The van der Waals surface area contributed by atoms with Crippen LogP contribution < -0.4 is 0 Å². The molecule has 28 heavy (non-hydrogen) atoms. The molecule has 148 valence electrons. The average Bonchev–Trinajstić information content (AvgIpc) is 2.66. The van der Waals surface area contributed by atoms with Crippen LogP contribution >= 0.6 is 0 Å². The fourth-order valence-electron chi connectivity index (χ4n) is 3.44. The van der Waals surface area contributed by atoms with Crippen LogP contribution in [0.2, 0.25) is 0 Å². The molecular formula is C21H17F6N. The Labute approximate surface area is 158 Å². The molecule has 0 N–H and O–H groups in total. The van der Waals surface area contributed by atoms with Gasteiger partial charge in [-0.25, -0.2) is 0 Å². The van der Waals surface area contributed by atoms with Crippen molar-refractivity contribution in [3.8, 4) is 0 Å². The average molecular weight is 397 g/mol. The fourth-order valence-corrected chi connectivity index (χ4v) is 3.44. The Morgan fingerprint density at radius 2 is 1.50 bits per heavy atom. The quantitative estimate of drug-likeness (QED) is 0.375. The molecule has 4 rings (SSSR count). The number of pyridine rings is 1. The van der Waals surface area contributed by atoms with Crippen molar-refractivity contribution in [2.75, 3.05) is 0 Å². The number of halogens is 6. The van der Waals surface area contributed by atoms with Gasteiger partial charge in [0.05, 0.1) is 17.0 Å².